The van der Waals surface area contributed by atoms with Crippen molar-refractivity contribution in [3.05, 3.63) is 58.1 Å². The van der Waals surface area contributed by atoms with Crippen LogP contribution in [0, 0.1) is 0 Å². The third kappa shape index (κ3) is 6.37. The average Bonchev–Trinajstić information content (AvgIpc) is 2.67. The van der Waals surface area contributed by atoms with Gasteiger partial charge in [-0.3, -0.25) is 0 Å². The van der Waals surface area contributed by atoms with Crippen molar-refractivity contribution in [3.8, 4) is 11.5 Å². The number of ether oxygens (including phenoxy) is 4. The molecule has 0 bridgehead atoms. The first-order valence-electron chi connectivity index (χ1n) is 8.45. The Balaban J connectivity index is 2.04. The van der Waals surface area contributed by atoms with Gasteiger partial charge in [-0.15, -0.1) is 0 Å². The van der Waals surface area contributed by atoms with E-state index >= 15 is 0 Å². The average molecular weight is 437 g/mol. The Morgan fingerprint density at radius 3 is 2.44 bits per heavy atom. The largest absolute Gasteiger partial charge is 0.492 e. The first-order valence-corrected chi connectivity index (χ1v) is 9.25. The topological polar surface area (TPSA) is 71.1 Å². The summed E-state index contributed by atoms with van der Waals surface area (Å²) in [5.74, 6) is -0.134. The molecule has 0 aromatic heterocycles. The number of carbonyl (C=O) groups excluding carboxylic acids is 2. The molecule has 0 heterocycles. The second kappa shape index (κ2) is 10.7. The number of rotatable bonds is 9. The van der Waals surface area contributed by atoms with Crippen LogP contribution in [0.3, 0.4) is 0 Å². The van der Waals surface area contributed by atoms with Crippen molar-refractivity contribution < 1.29 is 28.5 Å². The van der Waals surface area contributed by atoms with Crippen LogP contribution in [-0.2, 0) is 9.47 Å². The number of hydrogen-bond donors (Lipinski definition) is 0. The van der Waals surface area contributed by atoms with Crippen LogP contribution >= 0.6 is 15.9 Å². The van der Waals surface area contributed by atoms with E-state index in [2.05, 4.69) is 15.9 Å². The summed E-state index contributed by atoms with van der Waals surface area (Å²) in [6.07, 6.45) is 0.889. The van der Waals surface area contributed by atoms with E-state index in [9.17, 15) is 9.59 Å². The maximum atomic E-state index is 12.4. The van der Waals surface area contributed by atoms with Crippen LogP contribution in [0.25, 0.3) is 0 Å². The molecule has 0 aliphatic heterocycles. The van der Waals surface area contributed by atoms with Crippen LogP contribution in [0.1, 0.15) is 34.1 Å². The molecule has 0 amide bonds. The van der Waals surface area contributed by atoms with Crippen LogP contribution in [0.2, 0.25) is 0 Å². The van der Waals surface area contributed by atoms with Crippen LogP contribution in [0.15, 0.2) is 46.9 Å². The van der Waals surface area contributed by atoms with Crippen molar-refractivity contribution in [3.63, 3.8) is 0 Å². The van der Waals surface area contributed by atoms with Crippen molar-refractivity contribution in [2.75, 3.05) is 26.9 Å². The van der Waals surface area contributed by atoms with Crippen molar-refractivity contribution >= 4 is 27.9 Å². The number of carbonyl (C=O) groups is 2. The molecule has 0 fully saturated rings. The van der Waals surface area contributed by atoms with E-state index in [0.717, 1.165) is 6.42 Å². The van der Waals surface area contributed by atoms with Crippen molar-refractivity contribution in [2.45, 2.75) is 13.3 Å². The molecule has 0 radical (unpaired) electrons. The van der Waals surface area contributed by atoms with E-state index in [1.807, 2.05) is 6.92 Å². The summed E-state index contributed by atoms with van der Waals surface area (Å²) in [7, 11) is 1.52. The molecule has 0 aliphatic rings. The number of hydrogen-bond acceptors (Lipinski definition) is 6. The summed E-state index contributed by atoms with van der Waals surface area (Å²) in [5, 5.41) is 0. The zero-order valence-corrected chi connectivity index (χ0v) is 16.8. The third-order valence-corrected chi connectivity index (χ3v) is 4.05. The molecular formula is C20H21BrO6. The van der Waals surface area contributed by atoms with E-state index in [4.69, 9.17) is 18.9 Å². The van der Waals surface area contributed by atoms with Crippen molar-refractivity contribution in [2.24, 2.45) is 0 Å². The lowest BCUT2D eigenvalue weighted by atomic mass is 10.2. The van der Waals surface area contributed by atoms with E-state index < -0.39 is 11.9 Å². The van der Waals surface area contributed by atoms with Gasteiger partial charge in [-0.2, -0.15) is 0 Å². The Morgan fingerprint density at radius 2 is 1.74 bits per heavy atom. The van der Waals surface area contributed by atoms with Crippen molar-refractivity contribution in [1.29, 1.82) is 0 Å². The predicted octanol–water partition coefficient (Wildman–Crippen LogP) is 4.26. The highest BCUT2D eigenvalue weighted by atomic mass is 79.9. The highest BCUT2D eigenvalue weighted by molar-refractivity contribution is 9.10. The summed E-state index contributed by atoms with van der Waals surface area (Å²) >= 11 is 3.39. The molecule has 2 aromatic carbocycles. The maximum Gasteiger partial charge on any atom is 0.343 e. The molecule has 7 heteroatoms. The van der Waals surface area contributed by atoms with Gasteiger partial charge in [0.25, 0.3) is 0 Å². The van der Waals surface area contributed by atoms with E-state index in [1.54, 1.807) is 36.4 Å². The maximum absolute atomic E-state index is 12.4. The lowest BCUT2D eigenvalue weighted by Crippen LogP contribution is -2.11. The van der Waals surface area contributed by atoms with Gasteiger partial charge in [-0.1, -0.05) is 13.0 Å². The molecule has 0 N–H and O–H groups in total. The summed E-state index contributed by atoms with van der Waals surface area (Å²) in [6, 6.07) is 11.2. The highest BCUT2D eigenvalue weighted by Crippen LogP contribution is 2.27. The SMILES string of the molecule is CCCOc1ccc(C(=O)Oc2cccc(C(=O)OCCOC)c2)cc1Br. The molecule has 0 atom stereocenters. The molecule has 0 saturated carbocycles. The lowest BCUT2D eigenvalue weighted by Gasteiger charge is -2.10. The standard InChI is InChI=1S/C20H21BrO6/c1-3-9-25-18-8-7-15(13-17(18)21)20(23)27-16-6-4-5-14(12-16)19(22)26-11-10-24-2/h4-8,12-13H,3,9-11H2,1-2H3. The van der Waals surface area contributed by atoms with Gasteiger partial charge < -0.3 is 18.9 Å². The molecule has 0 aliphatic carbocycles. The van der Waals surface area contributed by atoms with E-state index in [-0.39, 0.29) is 12.4 Å². The van der Waals surface area contributed by atoms with E-state index in [1.165, 1.54) is 13.2 Å². The van der Waals surface area contributed by atoms with Crippen LogP contribution in [-0.4, -0.2) is 38.9 Å². The quantitative estimate of drug-likeness (QED) is 0.332. The first kappa shape index (κ1) is 20.9. The minimum atomic E-state index is -0.539. The Hall–Kier alpha value is -2.38. The fourth-order valence-electron chi connectivity index (χ4n) is 2.11. The van der Waals surface area contributed by atoms with Gasteiger partial charge in [0, 0.05) is 7.11 Å². The Labute approximate surface area is 166 Å². The monoisotopic (exact) mass is 436 g/mol. The van der Waals surface area contributed by atoms with Crippen molar-refractivity contribution in [1.82, 2.24) is 0 Å². The van der Waals surface area contributed by atoms with Gasteiger partial charge >= 0.3 is 11.9 Å². The Kier molecular flexibility index (Phi) is 8.29. The second-order valence-electron chi connectivity index (χ2n) is 5.54. The lowest BCUT2D eigenvalue weighted by molar-refractivity contribution is 0.0387. The fraction of sp³-hybridized carbons (Fsp3) is 0.300. The Bertz CT molecular complexity index is 790. The Morgan fingerprint density at radius 1 is 0.963 bits per heavy atom. The van der Waals surface area contributed by atoms with Crippen LogP contribution < -0.4 is 9.47 Å². The van der Waals surface area contributed by atoms with Gasteiger partial charge in [0.05, 0.1) is 28.8 Å². The summed E-state index contributed by atoms with van der Waals surface area (Å²) < 4.78 is 21.5. The molecule has 2 rings (SSSR count). The van der Waals surface area contributed by atoms with Crippen LogP contribution in [0.4, 0.5) is 0 Å². The third-order valence-electron chi connectivity index (χ3n) is 3.43. The summed E-state index contributed by atoms with van der Waals surface area (Å²) in [6.45, 7) is 3.07. The molecule has 2 aromatic rings. The zero-order valence-electron chi connectivity index (χ0n) is 15.2. The van der Waals surface area contributed by atoms with E-state index in [0.29, 0.717) is 34.6 Å². The molecule has 0 unspecified atom stereocenters. The summed E-state index contributed by atoms with van der Waals surface area (Å²) in [5.41, 5.74) is 0.652. The number of benzene rings is 2. The fourth-order valence-corrected chi connectivity index (χ4v) is 2.60. The van der Waals surface area contributed by atoms with Gasteiger partial charge in [0.15, 0.2) is 0 Å². The molecule has 6 nitrogen and oxygen atoms in total. The first-order chi connectivity index (χ1) is 13.0. The van der Waals surface area contributed by atoms with Crippen LogP contribution in [0.5, 0.6) is 11.5 Å². The smallest absolute Gasteiger partial charge is 0.343 e. The highest BCUT2D eigenvalue weighted by Gasteiger charge is 2.14. The normalized spacial score (nSPS) is 10.3. The zero-order chi connectivity index (χ0) is 19.6. The number of esters is 2. The number of halogens is 1. The van der Waals surface area contributed by atoms with Gasteiger partial charge in [0.1, 0.15) is 18.1 Å². The molecular weight excluding hydrogens is 416 g/mol. The molecule has 144 valence electrons. The molecule has 27 heavy (non-hydrogen) atoms. The number of methoxy groups -OCH3 is 1. The van der Waals surface area contributed by atoms with Gasteiger partial charge in [-0.05, 0) is 58.7 Å². The van der Waals surface area contributed by atoms with Gasteiger partial charge in [0.2, 0.25) is 0 Å². The molecule has 0 spiro atoms. The summed E-state index contributed by atoms with van der Waals surface area (Å²) in [4.78, 5) is 24.3. The molecule has 0 saturated heterocycles. The minimum Gasteiger partial charge on any atom is -0.492 e. The minimum absolute atomic E-state index is 0.153. The predicted molar refractivity (Wildman–Crippen MR) is 103 cm³/mol. The second-order valence-corrected chi connectivity index (χ2v) is 6.39. The van der Waals surface area contributed by atoms with Gasteiger partial charge in [-0.25, -0.2) is 9.59 Å².